The van der Waals surface area contributed by atoms with Gasteiger partial charge in [-0.2, -0.15) is 13.2 Å². The van der Waals surface area contributed by atoms with Gasteiger partial charge in [0.05, 0.1) is 5.92 Å². The number of nitrogens with zero attached hydrogens (tertiary/aromatic N) is 3. The van der Waals surface area contributed by atoms with Crippen molar-refractivity contribution >= 4 is 29.4 Å². The second kappa shape index (κ2) is 10.8. The number of alkyl halides is 3. The average molecular weight is 520 g/mol. The zero-order chi connectivity index (χ0) is 26.0. The second-order valence-corrected chi connectivity index (χ2v) is 10.2. The van der Waals surface area contributed by atoms with Crippen LogP contribution in [0.15, 0.2) is 18.2 Å². The fraction of sp³-hybridized carbons (Fsp3) is 0.667. The number of rotatable bonds is 6. The standard InChI is InChI=1S/C24H33ClF3N3O4/c1-16(24(26,27)28)35-22(34)31-12-8-23(2,9-13-31)29(3)15-18-4-5-19(25)14-20(18)30-10-6-17(7-11-30)21(32)33/h4-5,14,16-17H,6-13,15H2,1-3H3,(H,32,33). The highest BCUT2D eigenvalue weighted by atomic mass is 35.5. The van der Waals surface area contributed by atoms with Crippen molar-refractivity contribution in [2.45, 2.75) is 63.9 Å². The van der Waals surface area contributed by atoms with E-state index in [1.807, 2.05) is 25.2 Å². The van der Waals surface area contributed by atoms with Gasteiger partial charge in [0.15, 0.2) is 6.10 Å². The van der Waals surface area contributed by atoms with Crippen LogP contribution in [0.5, 0.6) is 0 Å². The minimum absolute atomic E-state index is 0.264. The summed E-state index contributed by atoms with van der Waals surface area (Å²) >= 11 is 6.28. The maximum atomic E-state index is 12.7. The maximum Gasteiger partial charge on any atom is 0.425 e. The van der Waals surface area contributed by atoms with Crippen LogP contribution in [-0.2, 0) is 16.1 Å². The molecule has 0 saturated carbocycles. The number of anilines is 1. The zero-order valence-corrected chi connectivity index (χ0v) is 21.0. The van der Waals surface area contributed by atoms with Gasteiger partial charge in [-0.15, -0.1) is 0 Å². The Hall–Kier alpha value is -2.20. The molecule has 0 aliphatic carbocycles. The number of carbonyl (C=O) groups is 2. The molecular weight excluding hydrogens is 487 g/mol. The van der Waals surface area contributed by atoms with Crippen molar-refractivity contribution in [2.75, 3.05) is 38.1 Å². The Morgan fingerprint density at radius 1 is 1.23 bits per heavy atom. The van der Waals surface area contributed by atoms with Crippen LogP contribution in [0.2, 0.25) is 5.02 Å². The number of piperidine rings is 2. The Kier molecular flexibility index (Phi) is 8.47. The lowest BCUT2D eigenvalue weighted by Gasteiger charge is -2.45. The molecule has 2 aliphatic rings. The zero-order valence-electron chi connectivity index (χ0n) is 20.3. The maximum absolute atomic E-state index is 12.7. The quantitative estimate of drug-likeness (QED) is 0.569. The van der Waals surface area contributed by atoms with Crippen LogP contribution in [0.25, 0.3) is 0 Å². The minimum Gasteiger partial charge on any atom is -0.481 e. The molecule has 0 spiro atoms. The summed E-state index contributed by atoms with van der Waals surface area (Å²) in [6.07, 6.45) is -5.34. The van der Waals surface area contributed by atoms with Gasteiger partial charge in [0.1, 0.15) is 0 Å². The largest absolute Gasteiger partial charge is 0.481 e. The van der Waals surface area contributed by atoms with Crippen molar-refractivity contribution in [2.24, 2.45) is 5.92 Å². The molecule has 1 amide bonds. The number of carboxylic acids is 1. The molecule has 1 aromatic rings. The van der Waals surface area contributed by atoms with Crippen molar-refractivity contribution in [1.29, 1.82) is 0 Å². The third kappa shape index (κ3) is 6.73. The Balaban J connectivity index is 1.63. The van der Waals surface area contributed by atoms with Crippen LogP contribution in [0, 0.1) is 5.92 Å². The van der Waals surface area contributed by atoms with Crippen LogP contribution in [0.1, 0.15) is 45.1 Å². The number of carboxylic acid groups (broad SMARTS) is 1. The van der Waals surface area contributed by atoms with Crippen molar-refractivity contribution in [3.05, 3.63) is 28.8 Å². The van der Waals surface area contributed by atoms with Gasteiger partial charge in [0, 0.05) is 49.0 Å². The molecule has 196 valence electrons. The molecule has 35 heavy (non-hydrogen) atoms. The highest BCUT2D eigenvalue weighted by Gasteiger charge is 2.41. The highest BCUT2D eigenvalue weighted by molar-refractivity contribution is 6.30. The van der Waals surface area contributed by atoms with Gasteiger partial charge in [0.25, 0.3) is 0 Å². The van der Waals surface area contributed by atoms with E-state index in [1.54, 1.807) is 0 Å². The van der Waals surface area contributed by atoms with E-state index in [0.29, 0.717) is 63.4 Å². The molecule has 1 aromatic carbocycles. The Morgan fingerprint density at radius 2 is 1.83 bits per heavy atom. The number of hydrogen-bond donors (Lipinski definition) is 1. The molecule has 0 bridgehead atoms. The summed E-state index contributed by atoms with van der Waals surface area (Å²) in [5.41, 5.74) is 1.78. The normalized spacial score (nSPS) is 20.1. The third-order valence-corrected chi connectivity index (χ3v) is 7.63. The molecule has 1 atom stereocenters. The summed E-state index contributed by atoms with van der Waals surface area (Å²) in [6, 6.07) is 5.72. The van der Waals surface area contributed by atoms with Gasteiger partial charge >= 0.3 is 18.2 Å². The average Bonchev–Trinajstić information content (AvgIpc) is 2.80. The van der Waals surface area contributed by atoms with Gasteiger partial charge in [-0.3, -0.25) is 9.69 Å². The smallest absolute Gasteiger partial charge is 0.425 e. The van der Waals surface area contributed by atoms with E-state index >= 15 is 0 Å². The van der Waals surface area contributed by atoms with Crippen molar-refractivity contribution in [3.63, 3.8) is 0 Å². The number of aliphatic carboxylic acids is 1. The molecule has 0 aromatic heterocycles. The van der Waals surface area contributed by atoms with Crippen LogP contribution in [0.4, 0.5) is 23.7 Å². The molecule has 7 nitrogen and oxygen atoms in total. The number of halogens is 4. The lowest BCUT2D eigenvalue weighted by Crippen LogP contribution is -2.53. The molecule has 2 aliphatic heterocycles. The van der Waals surface area contributed by atoms with Gasteiger partial charge in [-0.1, -0.05) is 17.7 Å². The first-order valence-electron chi connectivity index (χ1n) is 11.8. The molecule has 0 radical (unpaired) electrons. The summed E-state index contributed by atoms with van der Waals surface area (Å²) < 4.78 is 42.7. The SMILES string of the molecule is CC(OC(=O)N1CCC(C)(N(C)Cc2ccc(Cl)cc2N2CCC(C(=O)O)CC2)CC1)C(F)(F)F. The van der Waals surface area contributed by atoms with Crippen molar-refractivity contribution < 1.29 is 32.6 Å². The van der Waals surface area contributed by atoms with Crippen LogP contribution in [-0.4, -0.2) is 78.0 Å². The summed E-state index contributed by atoms with van der Waals surface area (Å²) in [7, 11) is 1.99. The van der Waals surface area contributed by atoms with Crippen LogP contribution < -0.4 is 4.90 Å². The Bertz CT molecular complexity index is 914. The Morgan fingerprint density at radius 3 is 2.37 bits per heavy atom. The van der Waals surface area contributed by atoms with E-state index in [1.165, 1.54) is 4.90 Å². The second-order valence-electron chi connectivity index (χ2n) is 9.78. The summed E-state index contributed by atoms with van der Waals surface area (Å²) in [6.45, 7) is 5.41. The van der Waals surface area contributed by atoms with E-state index in [4.69, 9.17) is 11.6 Å². The first-order chi connectivity index (χ1) is 16.3. The molecule has 3 rings (SSSR count). The summed E-state index contributed by atoms with van der Waals surface area (Å²) in [5.74, 6) is -1.09. The molecule has 11 heteroatoms. The van der Waals surface area contributed by atoms with Gasteiger partial charge in [-0.25, -0.2) is 4.79 Å². The molecule has 1 unspecified atom stereocenters. The first-order valence-corrected chi connectivity index (χ1v) is 12.2. The lowest BCUT2D eigenvalue weighted by atomic mass is 9.87. The van der Waals surface area contributed by atoms with E-state index in [2.05, 4.69) is 21.5 Å². The monoisotopic (exact) mass is 519 g/mol. The highest BCUT2D eigenvalue weighted by Crippen LogP contribution is 2.34. The molecule has 2 heterocycles. The minimum atomic E-state index is -4.58. The van der Waals surface area contributed by atoms with Gasteiger partial charge < -0.3 is 19.6 Å². The van der Waals surface area contributed by atoms with E-state index in [9.17, 15) is 27.9 Å². The van der Waals surface area contributed by atoms with Crippen molar-refractivity contribution in [1.82, 2.24) is 9.80 Å². The summed E-state index contributed by atoms with van der Waals surface area (Å²) in [5, 5.41) is 9.90. The van der Waals surface area contributed by atoms with E-state index in [-0.39, 0.29) is 11.5 Å². The first kappa shape index (κ1) is 27.4. The van der Waals surface area contributed by atoms with Gasteiger partial charge in [0.2, 0.25) is 0 Å². The van der Waals surface area contributed by atoms with Crippen LogP contribution >= 0.6 is 11.6 Å². The third-order valence-electron chi connectivity index (χ3n) is 7.40. The Labute approximate surface area is 208 Å². The molecular formula is C24H33ClF3N3O4. The number of carbonyl (C=O) groups excluding carboxylic acids is 1. The number of benzene rings is 1. The summed E-state index contributed by atoms with van der Waals surface area (Å²) in [4.78, 5) is 29.2. The fourth-order valence-corrected chi connectivity index (χ4v) is 4.79. The fourth-order valence-electron chi connectivity index (χ4n) is 4.62. The molecule has 2 saturated heterocycles. The predicted molar refractivity (Wildman–Crippen MR) is 127 cm³/mol. The predicted octanol–water partition coefficient (Wildman–Crippen LogP) is 5.01. The molecule has 2 fully saturated rings. The molecule has 1 N–H and O–H groups in total. The van der Waals surface area contributed by atoms with Crippen LogP contribution in [0.3, 0.4) is 0 Å². The topological polar surface area (TPSA) is 73.3 Å². The van der Waals surface area contributed by atoms with Crippen molar-refractivity contribution in [3.8, 4) is 0 Å². The number of amides is 1. The number of likely N-dealkylation sites (tertiary alicyclic amines) is 1. The number of hydrogen-bond acceptors (Lipinski definition) is 5. The van der Waals surface area contributed by atoms with E-state index in [0.717, 1.165) is 18.2 Å². The number of ether oxygens (including phenoxy) is 1. The lowest BCUT2D eigenvalue weighted by molar-refractivity contribution is -0.200. The van der Waals surface area contributed by atoms with E-state index < -0.39 is 24.3 Å². The van der Waals surface area contributed by atoms with Gasteiger partial charge in [-0.05, 0) is 64.3 Å².